The molecule has 0 spiro atoms. The van der Waals surface area contributed by atoms with Crippen LogP contribution in [-0.2, 0) is 17.9 Å². The van der Waals surface area contributed by atoms with Crippen LogP contribution in [0.4, 0.5) is 5.82 Å². The van der Waals surface area contributed by atoms with Crippen molar-refractivity contribution in [3.05, 3.63) is 59.8 Å². The van der Waals surface area contributed by atoms with Gasteiger partial charge >= 0.3 is 0 Å². The summed E-state index contributed by atoms with van der Waals surface area (Å²) in [7, 11) is 0. The number of benzene rings is 1. The molecule has 0 saturated carbocycles. The quantitative estimate of drug-likeness (QED) is 0.464. The van der Waals surface area contributed by atoms with E-state index < -0.39 is 0 Å². The lowest BCUT2D eigenvalue weighted by Crippen LogP contribution is -2.40. The molecule has 162 valence electrons. The van der Waals surface area contributed by atoms with Gasteiger partial charge in [0, 0.05) is 32.4 Å². The zero-order valence-corrected chi connectivity index (χ0v) is 18.3. The number of hydrogen-bond acceptors (Lipinski definition) is 4. The Kier molecular flexibility index (Phi) is 8.97. The summed E-state index contributed by atoms with van der Waals surface area (Å²) in [6.07, 6.45) is 4.48. The summed E-state index contributed by atoms with van der Waals surface area (Å²) in [5, 5.41) is 6.74. The highest BCUT2D eigenvalue weighted by molar-refractivity contribution is 5.79. The van der Waals surface area contributed by atoms with Crippen LogP contribution in [0.15, 0.2) is 53.7 Å². The molecular weight excluding hydrogens is 374 g/mol. The standard InChI is InChI=1S/C24H35N5O/c1-3-25-24(27-15-20(2)18-30-19-21-9-5-4-6-10-21)28-17-22-11-12-23(26-16-22)29-13-7-8-14-29/h4-6,9-12,16,20H,3,7-8,13-15,17-19H2,1-2H3,(H2,25,27,28). The minimum atomic E-state index is 0.388. The molecule has 0 amide bonds. The molecule has 30 heavy (non-hydrogen) atoms. The summed E-state index contributed by atoms with van der Waals surface area (Å²) in [5.41, 5.74) is 2.33. The summed E-state index contributed by atoms with van der Waals surface area (Å²) in [6, 6.07) is 14.5. The largest absolute Gasteiger partial charge is 0.376 e. The first-order valence-corrected chi connectivity index (χ1v) is 11.1. The molecule has 2 heterocycles. The molecule has 2 aromatic rings. The fourth-order valence-electron chi connectivity index (χ4n) is 3.44. The van der Waals surface area contributed by atoms with E-state index in [1.54, 1.807) is 0 Å². The first kappa shape index (κ1) is 22.1. The molecule has 0 bridgehead atoms. The van der Waals surface area contributed by atoms with E-state index >= 15 is 0 Å². The van der Waals surface area contributed by atoms with E-state index in [9.17, 15) is 0 Å². The predicted molar refractivity (Wildman–Crippen MR) is 124 cm³/mol. The van der Waals surface area contributed by atoms with Gasteiger partial charge in [-0.1, -0.05) is 43.3 Å². The average molecular weight is 410 g/mol. The molecule has 1 aromatic heterocycles. The number of nitrogens with one attached hydrogen (secondary N) is 2. The molecule has 1 fully saturated rings. The fraction of sp³-hybridized carbons (Fsp3) is 0.500. The Morgan fingerprint density at radius 1 is 1.10 bits per heavy atom. The molecule has 6 heteroatoms. The van der Waals surface area contributed by atoms with Crippen LogP contribution in [0.5, 0.6) is 0 Å². The second-order valence-corrected chi connectivity index (χ2v) is 7.90. The second kappa shape index (κ2) is 12.2. The van der Waals surface area contributed by atoms with Gasteiger partial charge in [-0.25, -0.2) is 9.98 Å². The number of ether oxygens (including phenoxy) is 1. The van der Waals surface area contributed by atoms with Crippen molar-refractivity contribution < 1.29 is 4.74 Å². The molecular formula is C24H35N5O. The number of hydrogen-bond donors (Lipinski definition) is 2. The van der Waals surface area contributed by atoms with Crippen LogP contribution in [0.1, 0.15) is 37.8 Å². The van der Waals surface area contributed by atoms with Gasteiger partial charge < -0.3 is 20.3 Å². The Bertz CT molecular complexity index is 757. The maximum Gasteiger partial charge on any atom is 0.191 e. The van der Waals surface area contributed by atoms with E-state index in [4.69, 9.17) is 9.73 Å². The first-order valence-electron chi connectivity index (χ1n) is 11.1. The third-order valence-electron chi connectivity index (χ3n) is 5.14. The monoisotopic (exact) mass is 409 g/mol. The highest BCUT2D eigenvalue weighted by Crippen LogP contribution is 2.17. The number of rotatable bonds is 10. The average Bonchev–Trinajstić information content (AvgIpc) is 3.32. The molecule has 1 atom stereocenters. The number of pyridine rings is 1. The van der Waals surface area contributed by atoms with E-state index in [0.29, 0.717) is 25.7 Å². The van der Waals surface area contributed by atoms with Gasteiger partial charge in [0.2, 0.25) is 0 Å². The van der Waals surface area contributed by atoms with Gasteiger partial charge in [-0.2, -0.15) is 0 Å². The lowest BCUT2D eigenvalue weighted by Gasteiger charge is -2.17. The Hall–Kier alpha value is -2.60. The van der Waals surface area contributed by atoms with Gasteiger partial charge in [-0.3, -0.25) is 0 Å². The van der Waals surface area contributed by atoms with Crippen LogP contribution < -0.4 is 15.5 Å². The van der Waals surface area contributed by atoms with Crippen molar-refractivity contribution in [3.63, 3.8) is 0 Å². The van der Waals surface area contributed by atoms with Crippen molar-refractivity contribution in [2.45, 2.75) is 39.8 Å². The molecule has 0 radical (unpaired) electrons. The number of anilines is 1. The maximum atomic E-state index is 5.84. The van der Waals surface area contributed by atoms with Crippen molar-refractivity contribution in [2.24, 2.45) is 10.9 Å². The van der Waals surface area contributed by atoms with Gasteiger partial charge in [0.15, 0.2) is 5.96 Å². The number of nitrogens with zero attached hydrogens (tertiary/aromatic N) is 3. The Morgan fingerprint density at radius 2 is 1.90 bits per heavy atom. The van der Waals surface area contributed by atoms with Gasteiger partial charge in [-0.15, -0.1) is 0 Å². The van der Waals surface area contributed by atoms with Crippen LogP contribution >= 0.6 is 0 Å². The van der Waals surface area contributed by atoms with Crippen LogP contribution in [0.2, 0.25) is 0 Å². The second-order valence-electron chi connectivity index (χ2n) is 7.90. The lowest BCUT2D eigenvalue weighted by molar-refractivity contribution is 0.0931. The normalized spacial score (nSPS) is 15.3. The minimum absolute atomic E-state index is 0.388. The van der Waals surface area contributed by atoms with Gasteiger partial charge in [0.25, 0.3) is 0 Å². The summed E-state index contributed by atoms with van der Waals surface area (Å²) in [6.45, 7) is 10.1. The molecule has 3 rings (SSSR count). The Morgan fingerprint density at radius 3 is 2.60 bits per heavy atom. The van der Waals surface area contributed by atoms with Crippen LogP contribution in [0.25, 0.3) is 0 Å². The highest BCUT2D eigenvalue weighted by Gasteiger charge is 2.13. The molecule has 6 nitrogen and oxygen atoms in total. The van der Waals surface area contributed by atoms with Crippen molar-refractivity contribution in [2.75, 3.05) is 37.7 Å². The molecule has 1 aliphatic heterocycles. The molecule has 1 saturated heterocycles. The van der Waals surface area contributed by atoms with E-state index in [2.05, 4.69) is 58.6 Å². The SMILES string of the molecule is CCNC(=NCc1ccc(N2CCCC2)nc1)NCC(C)COCc1ccccc1. The van der Waals surface area contributed by atoms with Crippen molar-refractivity contribution in [1.82, 2.24) is 15.6 Å². The zero-order chi connectivity index (χ0) is 21.0. The molecule has 2 N–H and O–H groups in total. The summed E-state index contributed by atoms with van der Waals surface area (Å²) >= 11 is 0. The zero-order valence-electron chi connectivity index (χ0n) is 18.3. The predicted octanol–water partition coefficient (Wildman–Crippen LogP) is 3.59. The third kappa shape index (κ3) is 7.34. The number of guanidine groups is 1. The maximum absolute atomic E-state index is 5.84. The van der Waals surface area contributed by atoms with E-state index in [0.717, 1.165) is 43.5 Å². The molecule has 0 aliphatic carbocycles. The van der Waals surface area contributed by atoms with Crippen molar-refractivity contribution >= 4 is 11.8 Å². The topological polar surface area (TPSA) is 61.8 Å². The molecule has 1 aromatic carbocycles. The third-order valence-corrected chi connectivity index (χ3v) is 5.14. The Labute approximate surface area is 180 Å². The number of aromatic nitrogens is 1. The van der Waals surface area contributed by atoms with Crippen molar-refractivity contribution in [1.29, 1.82) is 0 Å². The lowest BCUT2D eigenvalue weighted by atomic mass is 10.2. The van der Waals surface area contributed by atoms with Crippen molar-refractivity contribution in [3.8, 4) is 0 Å². The highest BCUT2D eigenvalue weighted by atomic mass is 16.5. The summed E-state index contributed by atoms with van der Waals surface area (Å²) in [5.74, 6) is 2.30. The Balaban J connectivity index is 1.42. The summed E-state index contributed by atoms with van der Waals surface area (Å²) in [4.78, 5) is 11.7. The fourth-order valence-corrected chi connectivity index (χ4v) is 3.44. The van der Waals surface area contributed by atoms with Gasteiger partial charge in [0.1, 0.15) is 5.82 Å². The van der Waals surface area contributed by atoms with E-state index in [1.807, 2.05) is 24.4 Å². The van der Waals surface area contributed by atoms with Gasteiger partial charge in [-0.05, 0) is 42.9 Å². The molecule has 1 aliphatic rings. The first-order chi connectivity index (χ1) is 14.7. The van der Waals surface area contributed by atoms with E-state index in [-0.39, 0.29) is 0 Å². The van der Waals surface area contributed by atoms with Crippen LogP contribution in [0.3, 0.4) is 0 Å². The summed E-state index contributed by atoms with van der Waals surface area (Å²) < 4.78 is 5.84. The van der Waals surface area contributed by atoms with Crippen LogP contribution in [0, 0.1) is 5.92 Å². The van der Waals surface area contributed by atoms with Gasteiger partial charge in [0.05, 0.1) is 19.8 Å². The smallest absolute Gasteiger partial charge is 0.191 e. The van der Waals surface area contributed by atoms with Crippen LogP contribution in [-0.4, -0.2) is 43.7 Å². The molecule has 1 unspecified atom stereocenters. The van der Waals surface area contributed by atoms with E-state index in [1.165, 1.54) is 18.4 Å². The number of aliphatic imine (C=N–C) groups is 1. The minimum Gasteiger partial charge on any atom is -0.376 e.